The van der Waals surface area contributed by atoms with Crippen molar-refractivity contribution < 1.29 is 9.18 Å². The minimum Gasteiger partial charge on any atom is -0.379 e. The Hall–Kier alpha value is -2.96. The number of aromatic nitrogens is 3. The second kappa shape index (κ2) is 6.33. The molecule has 3 aromatic heterocycles. The average Bonchev–Trinajstić information content (AvgIpc) is 3.19. The number of rotatable bonds is 4. The third-order valence-corrected chi connectivity index (χ3v) is 5.54. The summed E-state index contributed by atoms with van der Waals surface area (Å²) >= 11 is 0. The number of hydrogen-bond acceptors (Lipinski definition) is 4. The lowest BCUT2D eigenvalue weighted by Gasteiger charge is -2.29. The number of nitrogens with two attached hydrogens (primary N) is 1. The van der Waals surface area contributed by atoms with E-state index in [0.29, 0.717) is 11.3 Å². The van der Waals surface area contributed by atoms with Crippen molar-refractivity contribution in [2.24, 2.45) is 11.1 Å². The largest absolute Gasteiger partial charge is 0.379 e. The maximum atomic E-state index is 13.1. The molecule has 0 spiro atoms. The summed E-state index contributed by atoms with van der Waals surface area (Å²) in [5.41, 5.74) is 9.16. The molecule has 140 valence electrons. The minimum absolute atomic E-state index is 0.130. The molecule has 1 fully saturated rings. The van der Waals surface area contributed by atoms with E-state index in [2.05, 4.69) is 29.2 Å². The molecule has 1 aliphatic carbocycles. The summed E-state index contributed by atoms with van der Waals surface area (Å²) in [6, 6.07) is 5.14. The van der Waals surface area contributed by atoms with E-state index in [0.717, 1.165) is 35.9 Å². The number of halogens is 1. The lowest BCUT2D eigenvalue weighted by molar-refractivity contribution is 0.100. The molecule has 1 aliphatic rings. The summed E-state index contributed by atoms with van der Waals surface area (Å²) in [5, 5.41) is 7.88. The number of hydrogen-bond donors (Lipinski definition) is 2. The van der Waals surface area contributed by atoms with Crippen molar-refractivity contribution in [3.05, 3.63) is 48.3 Å². The Morgan fingerprint density at radius 1 is 1.33 bits per heavy atom. The van der Waals surface area contributed by atoms with Gasteiger partial charge in [-0.1, -0.05) is 20.3 Å². The van der Waals surface area contributed by atoms with E-state index in [4.69, 9.17) is 5.73 Å². The van der Waals surface area contributed by atoms with Gasteiger partial charge in [-0.25, -0.2) is 9.50 Å². The molecule has 27 heavy (non-hydrogen) atoms. The van der Waals surface area contributed by atoms with Crippen molar-refractivity contribution in [2.45, 2.75) is 39.2 Å². The molecular weight excluding hydrogens is 345 g/mol. The first-order valence-corrected chi connectivity index (χ1v) is 9.05. The molecule has 0 bridgehead atoms. The first-order chi connectivity index (χ1) is 12.8. The van der Waals surface area contributed by atoms with Gasteiger partial charge >= 0.3 is 0 Å². The molecule has 0 saturated heterocycles. The average molecular weight is 367 g/mol. The number of carbonyl (C=O) groups is 1. The highest BCUT2D eigenvalue weighted by molar-refractivity contribution is 6.02. The first-order valence-electron chi connectivity index (χ1n) is 9.05. The van der Waals surface area contributed by atoms with Crippen molar-refractivity contribution in [3.8, 4) is 11.1 Å². The van der Waals surface area contributed by atoms with Crippen LogP contribution in [0.5, 0.6) is 0 Å². The van der Waals surface area contributed by atoms with E-state index in [9.17, 15) is 9.18 Å². The van der Waals surface area contributed by atoms with Crippen LogP contribution < -0.4 is 11.1 Å². The maximum absolute atomic E-state index is 13.1. The summed E-state index contributed by atoms with van der Waals surface area (Å²) in [5.74, 6) is -1.04. The van der Waals surface area contributed by atoms with Crippen molar-refractivity contribution >= 4 is 17.1 Å². The topological polar surface area (TPSA) is 85.3 Å². The Morgan fingerprint density at radius 3 is 2.78 bits per heavy atom. The van der Waals surface area contributed by atoms with Crippen LogP contribution in [0.3, 0.4) is 0 Å². The van der Waals surface area contributed by atoms with E-state index in [1.54, 1.807) is 10.6 Å². The molecule has 3 N–H and O–H groups in total. The molecule has 0 radical (unpaired) electrons. The Morgan fingerprint density at radius 2 is 2.15 bits per heavy atom. The number of anilines is 1. The molecule has 1 amide bonds. The van der Waals surface area contributed by atoms with Crippen LogP contribution in [0.4, 0.5) is 10.1 Å². The zero-order chi connectivity index (χ0) is 19.2. The minimum atomic E-state index is -0.525. The normalized spacial score (nSPS) is 18.7. The first kappa shape index (κ1) is 17.5. The zero-order valence-electron chi connectivity index (χ0n) is 15.4. The molecule has 1 unspecified atom stereocenters. The lowest BCUT2D eigenvalue weighted by atomic mass is 9.87. The molecule has 4 rings (SSSR count). The summed E-state index contributed by atoms with van der Waals surface area (Å²) in [6.45, 7) is 4.46. The summed E-state index contributed by atoms with van der Waals surface area (Å²) in [7, 11) is 0. The van der Waals surface area contributed by atoms with Crippen LogP contribution in [0.25, 0.3) is 16.6 Å². The predicted octanol–water partition coefficient (Wildman–Crippen LogP) is 3.62. The van der Waals surface area contributed by atoms with E-state index < -0.39 is 11.9 Å². The Labute approximate surface area is 156 Å². The molecule has 3 heterocycles. The summed E-state index contributed by atoms with van der Waals surface area (Å²) < 4.78 is 14.8. The van der Waals surface area contributed by atoms with Gasteiger partial charge in [0.05, 0.1) is 23.0 Å². The molecule has 1 saturated carbocycles. The van der Waals surface area contributed by atoms with Gasteiger partial charge in [0.2, 0.25) is 5.95 Å². The molecule has 0 aliphatic heterocycles. The van der Waals surface area contributed by atoms with Crippen LogP contribution in [-0.4, -0.2) is 26.5 Å². The quantitative estimate of drug-likeness (QED) is 0.690. The van der Waals surface area contributed by atoms with Gasteiger partial charge in [-0.2, -0.15) is 9.49 Å². The van der Waals surface area contributed by atoms with Crippen LogP contribution in [0.2, 0.25) is 0 Å². The third-order valence-electron chi connectivity index (χ3n) is 5.54. The summed E-state index contributed by atoms with van der Waals surface area (Å²) in [6.07, 6.45) is 8.12. The standard InChI is InChI=1S/C20H22FN5O/c1-20(2)7-3-4-16(20)25-18-14(19(22)27)10-24-26-11-13(8-15(18)26)12-5-6-17(21)23-9-12/h5-6,8-11,16,25H,3-4,7H2,1-2H3,(H2,22,27). The van der Waals surface area contributed by atoms with Crippen LogP contribution in [0, 0.1) is 11.4 Å². The monoisotopic (exact) mass is 367 g/mol. The van der Waals surface area contributed by atoms with E-state index in [1.165, 1.54) is 18.5 Å². The highest BCUT2D eigenvalue weighted by Crippen LogP contribution is 2.40. The van der Waals surface area contributed by atoms with Gasteiger partial charge in [0, 0.05) is 29.6 Å². The number of fused-ring (bicyclic) bond motifs is 1. The smallest absolute Gasteiger partial charge is 0.252 e. The number of amides is 1. The van der Waals surface area contributed by atoms with Gasteiger partial charge in [-0.05, 0) is 36.5 Å². The Balaban J connectivity index is 1.82. The van der Waals surface area contributed by atoms with E-state index >= 15 is 0 Å². The van der Waals surface area contributed by atoms with Gasteiger partial charge in [-0.15, -0.1) is 0 Å². The van der Waals surface area contributed by atoms with Crippen LogP contribution in [-0.2, 0) is 0 Å². The van der Waals surface area contributed by atoms with Crippen LogP contribution in [0.1, 0.15) is 43.5 Å². The van der Waals surface area contributed by atoms with Crippen LogP contribution in [0.15, 0.2) is 36.8 Å². The van der Waals surface area contributed by atoms with Crippen molar-refractivity contribution in [3.63, 3.8) is 0 Å². The second-order valence-electron chi connectivity index (χ2n) is 7.80. The predicted molar refractivity (Wildman–Crippen MR) is 102 cm³/mol. The van der Waals surface area contributed by atoms with Gasteiger partial charge in [0.25, 0.3) is 5.91 Å². The lowest BCUT2D eigenvalue weighted by Crippen LogP contribution is -2.32. The maximum Gasteiger partial charge on any atom is 0.252 e. The Bertz CT molecular complexity index is 1010. The SMILES string of the molecule is CC1(C)CCCC1Nc1c(C(N)=O)cnn2cc(-c3ccc(F)nc3)cc12. The summed E-state index contributed by atoms with van der Waals surface area (Å²) in [4.78, 5) is 15.7. The van der Waals surface area contributed by atoms with E-state index in [1.807, 2.05) is 12.3 Å². The van der Waals surface area contributed by atoms with Crippen molar-refractivity contribution in [2.75, 3.05) is 5.32 Å². The van der Waals surface area contributed by atoms with Crippen LogP contribution >= 0.6 is 0 Å². The number of nitrogens with zero attached hydrogens (tertiary/aromatic N) is 3. The molecule has 1 atom stereocenters. The number of primary amides is 1. The van der Waals surface area contributed by atoms with Gasteiger partial charge < -0.3 is 11.1 Å². The zero-order valence-corrected chi connectivity index (χ0v) is 15.4. The molecule has 7 heteroatoms. The van der Waals surface area contributed by atoms with Crippen molar-refractivity contribution in [1.82, 2.24) is 14.6 Å². The number of pyridine rings is 1. The molecular formula is C20H22FN5O. The Kier molecular flexibility index (Phi) is 4.09. The fraction of sp³-hybridized carbons (Fsp3) is 0.350. The highest BCUT2D eigenvalue weighted by atomic mass is 19.1. The number of carbonyl (C=O) groups excluding carboxylic acids is 1. The van der Waals surface area contributed by atoms with Crippen molar-refractivity contribution in [1.29, 1.82) is 0 Å². The van der Waals surface area contributed by atoms with E-state index in [-0.39, 0.29) is 11.5 Å². The van der Waals surface area contributed by atoms with Gasteiger partial charge in [0.1, 0.15) is 0 Å². The molecule has 0 aromatic carbocycles. The second-order valence-corrected chi connectivity index (χ2v) is 7.80. The molecule has 3 aromatic rings. The highest BCUT2D eigenvalue weighted by Gasteiger charge is 2.35. The number of nitrogens with one attached hydrogen (secondary N) is 1. The molecule has 6 nitrogen and oxygen atoms in total. The van der Waals surface area contributed by atoms with Gasteiger partial charge in [0.15, 0.2) is 0 Å². The third kappa shape index (κ3) is 3.13. The fourth-order valence-corrected chi connectivity index (χ4v) is 3.87. The van der Waals surface area contributed by atoms with Gasteiger partial charge in [-0.3, -0.25) is 4.79 Å². The fourth-order valence-electron chi connectivity index (χ4n) is 3.87.